The van der Waals surface area contributed by atoms with Gasteiger partial charge in [0.1, 0.15) is 5.82 Å². The summed E-state index contributed by atoms with van der Waals surface area (Å²) in [5, 5.41) is 11.1. The van der Waals surface area contributed by atoms with Gasteiger partial charge < -0.3 is 9.84 Å². The number of halogens is 3. The molecule has 2 aliphatic heterocycles. The van der Waals surface area contributed by atoms with Crippen LogP contribution in [-0.2, 0) is 17.7 Å². The van der Waals surface area contributed by atoms with Crippen LogP contribution in [-0.4, -0.2) is 40.9 Å². The first-order chi connectivity index (χ1) is 13.0. The molecule has 3 nitrogen and oxygen atoms in total. The second kappa shape index (κ2) is 7.26. The minimum Gasteiger partial charge on any atom is -0.389 e. The molecule has 2 bridgehead atoms. The predicted octanol–water partition coefficient (Wildman–Crippen LogP) is 3.44. The number of aliphatic hydroxyl groups is 1. The zero-order valence-electron chi connectivity index (χ0n) is 14.9. The van der Waals surface area contributed by atoms with Crippen LogP contribution in [0.5, 0.6) is 0 Å². The summed E-state index contributed by atoms with van der Waals surface area (Å²) < 4.78 is 47.3. The maximum atomic E-state index is 14.1. The van der Waals surface area contributed by atoms with E-state index in [2.05, 4.69) is 17.0 Å². The Morgan fingerprint density at radius 3 is 2.26 bits per heavy atom. The summed E-state index contributed by atoms with van der Waals surface area (Å²) in [7, 11) is 0. The van der Waals surface area contributed by atoms with Gasteiger partial charge in [0.25, 0.3) is 0 Å². The third-order valence-corrected chi connectivity index (χ3v) is 5.64. The van der Waals surface area contributed by atoms with Crippen molar-refractivity contribution in [1.29, 1.82) is 0 Å². The first-order valence-corrected chi connectivity index (χ1v) is 9.17. The molecule has 4 rings (SSSR count). The number of morpholine rings is 1. The summed E-state index contributed by atoms with van der Waals surface area (Å²) in [4.78, 5) is 2.30. The van der Waals surface area contributed by atoms with Crippen molar-refractivity contribution >= 4 is 0 Å². The van der Waals surface area contributed by atoms with Crippen LogP contribution in [0.4, 0.5) is 13.2 Å². The molecular formula is C21H22F3NO2. The third-order valence-electron chi connectivity index (χ3n) is 5.64. The van der Waals surface area contributed by atoms with Crippen LogP contribution in [0, 0.1) is 17.5 Å². The maximum absolute atomic E-state index is 14.1. The van der Waals surface area contributed by atoms with E-state index in [0.29, 0.717) is 26.1 Å². The van der Waals surface area contributed by atoms with Gasteiger partial charge in [-0.3, -0.25) is 4.90 Å². The lowest BCUT2D eigenvalue weighted by Crippen LogP contribution is -2.61. The van der Waals surface area contributed by atoms with Crippen LogP contribution in [0.25, 0.3) is 0 Å². The van der Waals surface area contributed by atoms with E-state index in [0.717, 1.165) is 18.7 Å². The minimum atomic E-state index is -1.29. The van der Waals surface area contributed by atoms with Gasteiger partial charge in [-0.2, -0.15) is 0 Å². The molecule has 6 heteroatoms. The molecule has 0 aliphatic carbocycles. The molecule has 27 heavy (non-hydrogen) atoms. The monoisotopic (exact) mass is 377 g/mol. The van der Waals surface area contributed by atoms with Gasteiger partial charge in [0.15, 0.2) is 11.6 Å². The lowest BCUT2D eigenvalue weighted by Gasteiger charge is -2.51. The van der Waals surface area contributed by atoms with E-state index >= 15 is 0 Å². The number of nitrogens with zero attached hydrogens (tertiary/aromatic N) is 1. The number of benzene rings is 2. The van der Waals surface area contributed by atoms with Crippen molar-refractivity contribution in [3.05, 3.63) is 71.0 Å². The van der Waals surface area contributed by atoms with Gasteiger partial charge in [-0.05, 0) is 30.5 Å². The highest BCUT2D eigenvalue weighted by Crippen LogP contribution is 2.38. The van der Waals surface area contributed by atoms with Crippen molar-refractivity contribution in [2.24, 2.45) is 0 Å². The number of fused-ring (bicyclic) bond motifs is 2. The molecule has 1 N–H and O–H groups in total. The second-order valence-corrected chi connectivity index (χ2v) is 7.63. The number of hydrogen-bond acceptors (Lipinski definition) is 3. The summed E-state index contributed by atoms with van der Waals surface area (Å²) in [6.07, 6.45) is 0.409. The van der Waals surface area contributed by atoms with Crippen LogP contribution < -0.4 is 0 Å². The second-order valence-electron chi connectivity index (χ2n) is 7.63. The molecule has 0 saturated carbocycles. The Hall–Kier alpha value is -1.89. The molecule has 2 fully saturated rings. The molecule has 2 aromatic carbocycles. The quantitative estimate of drug-likeness (QED) is 0.829. The maximum Gasteiger partial charge on any atom is 0.165 e. The van der Waals surface area contributed by atoms with E-state index in [1.165, 1.54) is 5.56 Å². The average molecular weight is 377 g/mol. The van der Waals surface area contributed by atoms with Crippen molar-refractivity contribution in [1.82, 2.24) is 4.90 Å². The first-order valence-electron chi connectivity index (χ1n) is 9.17. The molecule has 0 radical (unpaired) electrons. The fourth-order valence-electron chi connectivity index (χ4n) is 4.40. The summed E-state index contributed by atoms with van der Waals surface area (Å²) in [5.74, 6) is -3.13. The van der Waals surface area contributed by atoms with Crippen LogP contribution in [0.1, 0.15) is 24.0 Å². The highest BCUT2D eigenvalue weighted by atomic mass is 19.2. The normalized spacial score (nSPS) is 28.3. The smallest absolute Gasteiger partial charge is 0.165 e. The fourth-order valence-corrected chi connectivity index (χ4v) is 4.40. The fraction of sp³-hybridized carbons (Fsp3) is 0.429. The van der Waals surface area contributed by atoms with Gasteiger partial charge in [0, 0.05) is 30.6 Å². The van der Waals surface area contributed by atoms with E-state index < -0.39 is 23.1 Å². The van der Waals surface area contributed by atoms with Crippen molar-refractivity contribution in [3.8, 4) is 0 Å². The molecule has 2 heterocycles. The highest BCUT2D eigenvalue weighted by molar-refractivity contribution is 5.24. The lowest BCUT2D eigenvalue weighted by atomic mass is 9.77. The first kappa shape index (κ1) is 18.5. The largest absolute Gasteiger partial charge is 0.389 e. The summed E-state index contributed by atoms with van der Waals surface area (Å²) in [6, 6.07) is 11.6. The SMILES string of the molecule is OC1(Cc2c(F)ccc(F)c2F)CC2COCC(C1)N2Cc1ccccc1. The van der Waals surface area contributed by atoms with Gasteiger partial charge in [-0.25, -0.2) is 13.2 Å². The van der Waals surface area contributed by atoms with E-state index in [9.17, 15) is 18.3 Å². The highest BCUT2D eigenvalue weighted by Gasteiger charge is 2.46. The van der Waals surface area contributed by atoms with Crippen LogP contribution in [0.2, 0.25) is 0 Å². The molecule has 2 aliphatic rings. The van der Waals surface area contributed by atoms with Gasteiger partial charge in [0.05, 0.1) is 18.8 Å². The summed E-state index contributed by atoms with van der Waals surface area (Å²) in [6.45, 7) is 1.65. The zero-order chi connectivity index (χ0) is 19.0. The number of hydrogen-bond donors (Lipinski definition) is 1. The van der Waals surface area contributed by atoms with Gasteiger partial charge in [0.2, 0.25) is 0 Å². The Labute approximate surface area is 156 Å². The van der Waals surface area contributed by atoms with Crippen molar-refractivity contribution in [3.63, 3.8) is 0 Å². The summed E-state index contributed by atoms with van der Waals surface area (Å²) in [5.41, 5.74) is -0.503. The van der Waals surface area contributed by atoms with Crippen molar-refractivity contribution < 1.29 is 23.0 Å². The molecule has 144 valence electrons. The van der Waals surface area contributed by atoms with Crippen molar-refractivity contribution in [2.45, 2.75) is 43.5 Å². The summed E-state index contributed by atoms with van der Waals surface area (Å²) >= 11 is 0. The predicted molar refractivity (Wildman–Crippen MR) is 94.6 cm³/mol. The minimum absolute atomic E-state index is 0.0533. The average Bonchev–Trinajstić information content (AvgIpc) is 2.64. The Morgan fingerprint density at radius 2 is 1.59 bits per heavy atom. The van der Waals surface area contributed by atoms with Gasteiger partial charge >= 0.3 is 0 Å². The van der Waals surface area contributed by atoms with Crippen LogP contribution >= 0.6 is 0 Å². The molecule has 2 unspecified atom stereocenters. The standard InChI is InChI=1S/C21H22F3NO2/c22-18-6-7-19(23)20(24)17(18)10-21(26)8-15-12-27-13-16(9-21)25(15)11-14-4-2-1-3-5-14/h1-7,15-16,26H,8-13H2. The third kappa shape index (κ3) is 3.74. The molecule has 0 spiro atoms. The Bertz CT molecular complexity index is 801. The molecule has 0 amide bonds. The topological polar surface area (TPSA) is 32.7 Å². The zero-order valence-corrected chi connectivity index (χ0v) is 14.9. The van der Waals surface area contributed by atoms with E-state index in [4.69, 9.17) is 4.74 Å². The number of piperidine rings is 1. The van der Waals surface area contributed by atoms with Gasteiger partial charge in [-0.1, -0.05) is 30.3 Å². The number of rotatable bonds is 4. The number of ether oxygens (including phenoxy) is 1. The van der Waals surface area contributed by atoms with Gasteiger partial charge in [-0.15, -0.1) is 0 Å². The van der Waals surface area contributed by atoms with Crippen LogP contribution in [0.15, 0.2) is 42.5 Å². The molecule has 2 aromatic rings. The molecular weight excluding hydrogens is 355 g/mol. The van der Waals surface area contributed by atoms with Crippen molar-refractivity contribution in [2.75, 3.05) is 13.2 Å². The Balaban J connectivity index is 1.55. The molecule has 0 aromatic heterocycles. The van der Waals surface area contributed by atoms with Crippen LogP contribution in [0.3, 0.4) is 0 Å². The van der Waals surface area contributed by atoms with E-state index in [1.54, 1.807) is 0 Å². The molecule has 2 saturated heterocycles. The lowest BCUT2D eigenvalue weighted by molar-refractivity contribution is -0.145. The Morgan fingerprint density at radius 1 is 0.963 bits per heavy atom. The van der Waals surface area contributed by atoms with E-state index in [-0.39, 0.29) is 24.1 Å². The molecule has 2 atom stereocenters. The van der Waals surface area contributed by atoms with E-state index in [1.807, 2.05) is 18.2 Å². The Kier molecular flexibility index (Phi) is 4.97.